The molecule has 2 aromatic rings. The molecule has 0 unspecified atom stereocenters. The van der Waals surface area contributed by atoms with Crippen LogP contribution in [0.5, 0.6) is 5.75 Å². The molecular formula is C26H33NO4. The lowest BCUT2D eigenvalue weighted by atomic mass is 9.80. The quantitative estimate of drug-likeness (QED) is 0.685. The minimum Gasteiger partial charge on any atom is -0.508 e. The van der Waals surface area contributed by atoms with Gasteiger partial charge in [0.15, 0.2) is 6.29 Å². The minimum atomic E-state index is -0.102. The zero-order chi connectivity index (χ0) is 21.4. The maximum absolute atomic E-state index is 9.92. The summed E-state index contributed by atoms with van der Waals surface area (Å²) in [6.07, 6.45) is 4.79. The molecule has 2 fully saturated rings. The summed E-state index contributed by atoms with van der Waals surface area (Å²) in [7, 11) is 3.45. The number of phenols is 1. The van der Waals surface area contributed by atoms with E-state index < -0.39 is 0 Å². The number of benzene rings is 2. The number of hydrogen-bond acceptors (Lipinski definition) is 5. The lowest BCUT2D eigenvalue weighted by molar-refractivity contribution is -0.141. The maximum atomic E-state index is 9.92. The summed E-state index contributed by atoms with van der Waals surface area (Å²) >= 11 is 0. The van der Waals surface area contributed by atoms with Crippen molar-refractivity contribution in [3.8, 4) is 5.75 Å². The van der Waals surface area contributed by atoms with Crippen LogP contribution in [0.4, 0.5) is 5.69 Å². The molecule has 0 aromatic heterocycles. The van der Waals surface area contributed by atoms with Gasteiger partial charge in [0.1, 0.15) is 5.75 Å². The Morgan fingerprint density at radius 1 is 0.968 bits per heavy atom. The molecule has 0 spiro atoms. The first-order chi connectivity index (χ1) is 15.2. The molecule has 1 saturated carbocycles. The van der Waals surface area contributed by atoms with Crippen LogP contribution in [0.15, 0.2) is 42.5 Å². The van der Waals surface area contributed by atoms with E-state index in [1.54, 1.807) is 14.2 Å². The number of methoxy groups -OCH3 is 2. The molecule has 0 bridgehead atoms. The number of hydrogen-bond donors (Lipinski definition) is 1. The molecule has 166 valence electrons. The van der Waals surface area contributed by atoms with Crippen molar-refractivity contribution >= 4 is 5.69 Å². The van der Waals surface area contributed by atoms with Crippen molar-refractivity contribution in [3.05, 3.63) is 59.2 Å². The van der Waals surface area contributed by atoms with E-state index in [0.717, 1.165) is 31.5 Å². The summed E-state index contributed by atoms with van der Waals surface area (Å²) in [5.74, 6) is 1.66. The second kappa shape index (κ2) is 8.81. The topological polar surface area (TPSA) is 51.2 Å². The van der Waals surface area contributed by atoms with Gasteiger partial charge >= 0.3 is 0 Å². The number of aromatic hydroxyl groups is 1. The molecule has 2 heterocycles. The zero-order valence-electron chi connectivity index (χ0n) is 18.5. The van der Waals surface area contributed by atoms with Crippen LogP contribution in [0.3, 0.4) is 0 Å². The molecule has 5 rings (SSSR count). The van der Waals surface area contributed by atoms with Crippen LogP contribution in [-0.4, -0.2) is 44.8 Å². The predicted molar refractivity (Wildman–Crippen MR) is 120 cm³/mol. The van der Waals surface area contributed by atoms with Crippen molar-refractivity contribution < 1.29 is 19.3 Å². The second-order valence-electron chi connectivity index (χ2n) is 9.23. The molecule has 1 saturated heterocycles. The highest BCUT2D eigenvalue weighted by Gasteiger charge is 2.42. The van der Waals surface area contributed by atoms with E-state index in [9.17, 15) is 5.11 Å². The Hall–Kier alpha value is -2.08. The molecule has 5 heteroatoms. The summed E-state index contributed by atoms with van der Waals surface area (Å²) in [6.45, 7) is 2.64. The summed E-state index contributed by atoms with van der Waals surface area (Å²) in [5, 5.41) is 9.92. The standard InChI is InChI=1S/C26H33NO4/c1-29-26(30-2)19-11-13-27(14-12-19)21-7-5-17(6-8-21)24-23-10-9-22(28)15-20(23)16-31-25(24)18-3-4-18/h5-10,15,18-19,24-26,28H,3-4,11-14,16H2,1-2H3/t24-,25-/m1/s1. The van der Waals surface area contributed by atoms with Gasteiger partial charge in [0, 0.05) is 44.8 Å². The van der Waals surface area contributed by atoms with Gasteiger partial charge in [-0.2, -0.15) is 0 Å². The molecule has 0 amide bonds. The fourth-order valence-corrected chi connectivity index (χ4v) is 5.49. The molecule has 5 nitrogen and oxygen atoms in total. The van der Waals surface area contributed by atoms with Crippen LogP contribution in [0.25, 0.3) is 0 Å². The minimum absolute atomic E-state index is 0.102. The number of nitrogens with zero attached hydrogens (tertiary/aromatic N) is 1. The Kier molecular flexibility index (Phi) is 5.91. The number of piperidine rings is 1. The van der Waals surface area contributed by atoms with Crippen molar-refractivity contribution in [1.29, 1.82) is 0 Å². The van der Waals surface area contributed by atoms with Crippen LogP contribution in [0.2, 0.25) is 0 Å². The van der Waals surface area contributed by atoms with Crippen LogP contribution >= 0.6 is 0 Å². The number of rotatable bonds is 6. The van der Waals surface area contributed by atoms with Crippen molar-refractivity contribution in [2.24, 2.45) is 11.8 Å². The Bertz CT molecular complexity index is 883. The summed E-state index contributed by atoms with van der Waals surface area (Å²) < 4.78 is 17.2. The third kappa shape index (κ3) is 4.19. The molecule has 31 heavy (non-hydrogen) atoms. The van der Waals surface area contributed by atoms with E-state index in [1.807, 2.05) is 12.1 Å². The number of anilines is 1. The van der Waals surface area contributed by atoms with Crippen LogP contribution in [0.1, 0.15) is 48.3 Å². The predicted octanol–water partition coefficient (Wildman–Crippen LogP) is 4.67. The third-order valence-electron chi connectivity index (χ3n) is 7.31. The van der Waals surface area contributed by atoms with Gasteiger partial charge in [-0.05, 0) is 72.6 Å². The largest absolute Gasteiger partial charge is 0.508 e. The van der Waals surface area contributed by atoms with Gasteiger partial charge in [-0.3, -0.25) is 0 Å². The smallest absolute Gasteiger partial charge is 0.159 e. The van der Waals surface area contributed by atoms with Crippen molar-refractivity contribution in [3.63, 3.8) is 0 Å². The number of phenolic OH excluding ortho intramolecular Hbond substituents is 1. The molecule has 0 radical (unpaired) electrons. The molecule has 2 aliphatic heterocycles. The van der Waals surface area contributed by atoms with Crippen LogP contribution in [-0.2, 0) is 20.8 Å². The van der Waals surface area contributed by atoms with E-state index in [2.05, 4.69) is 35.2 Å². The fraction of sp³-hybridized carbons (Fsp3) is 0.538. The molecule has 2 aromatic carbocycles. The Morgan fingerprint density at radius 3 is 2.32 bits per heavy atom. The summed E-state index contributed by atoms with van der Waals surface area (Å²) in [6, 6.07) is 14.8. The molecule has 1 N–H and O–H groups in total. The first-order valence-corrected chi connectivity index (χ1v) is 11.5. The van der Waals surface area contributed by atoms with Gasteiger partial charge in [-0.1, -0.05) is 18.2 Å². The van der Waals surface area contributed by atoms with Crippen molar-refractivity contribution in [2.45, 2.75) is 50.6 Å². The molecule has 3 aliphatic rings. The average Bonchev–Trinajstić information content (AvgIpc) is 3.65. The molecular weight excluding hydrogens is 390 g/mol. The summed E-state index contributed by atoms with van der Waals surface area (Å²) in [5.41, 5.74) is 5.00. The highest BCUT2D eigenvalue weighted by atomic mass is 16.7. The SMILES string of the molecule is COC(OC)C1CCN(c2ccc([C@@H]3c4ccc(O)cc4CO[C@@H]3C3CC3)cc2)CC1. The van der Waals surface area contributed by atoms with Crippen molar-refractivity contribution in [2.75, 3.05) is 32.2 Å². The molecule has 2 atom stereocenters. The van der Waals surface area contributed by atoms with Gasteiger partial charge in [0.2, 0.25) is 0 Å². The summed E-state index contributed by atoms with van der Waals surface area (Å²) in [4.78, 5) is 2.46. The molecule has 1 aliphatic carbocycles. The lowest BCUT2D eigenvalue weighted by Gasteiger charge is -2.37. The van der Waals surface area contributed by atoms with Gasteiger partial charge in [-0.25, -0.2) is 0 Å². The first kappa shape index (κ1) is 20.8. The highest BCUT2D eigenvalue weighted by molar-refractivity contribution is 5.51. The highest BCUT2D eigenvalue weighted by Crippen LogP contribution is 2.47. The lowest BCUT2D eigenvalue weighted by Crippen LogP contribution is -2.39. The second-order valence-corrected chi connectivity index (χ2v) is 9.23. The van der Waals surface area contributed by atoms with Crippen LogP contribution < -0.4 is 4.90 Å². The Morgan fingerprint density at radius 2 is 1.68 bits per heavy atom. The normalized spacial score (nSPS) is 24.4. The van der Waals surface area contributed by atoms with Crippen LogP contribution in [0, 0.1) is 11.8 Å². The van der Waals surface area contributed by atoms with Gasteiger partial charge in [0.25, 0.3) is 0 Å². The number of fused-ring (bicyclic) bond motifs is 1. The Labute approximate surface area is 184 Å². The van der Waals surface area contributed by atoms with E-state index >= 15 is 0 Å². The van der Waals surface area contributed by atoms with E-state index in [1.165, 1.54) is 29.7 Å². The van der Waals surface area contributed by atoms with Gasteiger partial charge < -0.3 is 24.2 Å². The van der Waals surface area contributed by atoms with E-state index in [4.69, 9.17) is 14.2 Å². The first-order valence-electron chi connectivity index (χ1n) is 11.5. The third-order valence-corrected chi connectivity index (χ3v) is 7.31. The number of ether oxygens (including phenoxy) is 3. The fourth-order valence-electron chi connectivity index (χ4n) is 5.49. The van der Waals surface area contributed by atoms with Gasteiger partial charge in [-0.15, -0.1) is 0 Å². The monoisotopic (exact) mass is 423 g/mol. The maximum Gasteiger partial charge on any atom is 0.159 e. The zero-order valence-corrected chi connectivity index (χ0v) is 18.5. The van der Waals surface area contributed by atoms with Gasteiger partial charge in [0.05, 0.1) is 12.7 Å². The Balaban J connectivity index is 1.34. The van der Waals surface area contributed by atoms with Crippen molar-refractivity contribution in [1.82, 2.24) is 0 Å². The van der Waals surface area contributed by atoms with E-state index in [-0.39, 0.29) is 18.3 Å². The van der Waals surface area contributed by atoms with E-state index in [0.29, 0.717) is 24.2 Å². The average molecular weight is 424 g/mol.